The smallest absolute Gasteiger partial charge is 0.410 e. The van der Waals surface area contributed by atoms with E-state index in [2.05, 4.69) is 63.0 Å². The molecule has 1 amide bonds. The number of ether oxygens (including phenoxy) is 3. The van der Waals surface area contributed by atoms with Crippen LogP contribution in [-0.4, -0.2) is 88.4 Å². The Hall–Kier alpha value is -4.52. The van der Waals surface area contributed by atoms with Gasteiger partial charge in [0.05, 0.1) is 23.2 Å². The fourth-order valence-electron chi connectivity index (χ4n) is 8.81. The topological polar surface area (TPSA) is 141 Å². The second-order valence-corrected chi connectivity index (χ2v) is 24.6. The summed E-state index contributed by atoms with van der Waals surface area (Å²) in [7, 11) is -4.80. The number of halogens is 1. The molecule has 57 heavy (non-hydrogen) atoms. The summed E-state index contributed by atoms with van der Waals surface area (Å²) >= 11 is 0. The molecule has 4 heterocycles. The van der Waals surface area contributed by atoms with Gasteiger partial charge in [-0.2, -0.15) is 4.98 Å². The first-order chi connectivity index (χ1) is 26.7. The van der Waals surface area contributed by atoms with Gasteiger partial charge in [0.1, 0.15) is 42.2 Å². The summed E-state index contributed by atoms with van der Waals surface area (Å²) in [5.41, 5.74) is 3.50. The lowest BCUT2D eigenvalue weighted by atomic mass is 9.96. The number of rotatable bonds is 9. The number of carbonyl (C=O) groups is 1. The van der Waals surface area contributed by atoms with Crippen LogP contribution >= 0.6 is 0 Å². The maximum absolute atomic E-state index is 16.1. The molecule has 2 fully saturated rings. The number of methoxy groups -OCH3 is 1. The minimum Gasteiger partial charge on any atom is -0.468 e. The van der Waals surface area contributed by atoms with Gasteiger partial charge in [-0.1, -0.05) is 53.5 Å². The van der Waals surface area contributed by atoms with Gasteiger partial charge in [0.25, 0.3) is 0 Å². The van der Waals surface area contributed by atoms with Gasteiger partial charge in [-0.05, 0) is 73.8 Å². The Bertz CT molecular complexity index is 2420. The highest BCUT2D eigenvalue weighted by Crippen LogP contribution is 2.42. The summed E-state index contributed by atoms with van der Waals surface area (Å²) in [4.78, 5) is 39.9. The molecule has 0 N–H and O–H groups in total. The van der Waals surface area contributed by atoms with Gasteiger partial charge in [0.2, 0.25) is 15.0 Å². The van der Waals surface area contributed by atoms with E-state index in [0.717, 1.165) is 6.26 Å². The first-order valence-electron chi connectivity index (χ1n) is 19.4. The quantitative estimate of drug-likeness (QED) is 0.0700. The summed E-state index contributed by atoms with van der Waals surface area (Å²) < 4.78 is 65.1. The molecule has 6 rings (SSSR count). The number of hydrogen-bond donors (Lipinski definition) is 0. The van der Waals surface area contributed by atoms with Crippen molar-refractivity contribution in [2.75, 3.05) is 38.1 Å². The number of fused-ring (bicyclic) bond motifs is 4. The summed E-state index contributed by atoms with van der Waals surface area (Å²) in [5, 5.41) is 0.499. The van der Waals surface area contributed by atoms with Crippen LogP contribution in [0.4, 0.5) is 15.0 Å². The predicted octanol–water partition coefficient (Wildman–Crippen LogP) is 8.09. The van der Waals surface area contributed by atoms with E-state index in [0.29, 0.717) is 51.6 Å². The first-order valence-corrected chi connectivity index (χ1v) is 23.5. The average Bonchev–Trinajstić information content (AvgIpc) is 3.38. The van der Waals surface area contributed by atoms with E-state index in [-0.39, 0.29) is 60.0 Å². The zero-order chi connectivity index (χ0) is 41.8. The number of carbonyl (C=O) groups excluding carboxylic acids is 1. The number of anilines is 1. The van der Waals surface area contributed by atoms with Gasteiger partial charge in [-0.3, -0.25) is 4.90 Å². The van der Waals surface area contributed by atoms with Crippen LogP contribution in [0.1, 0.15) is 80.7 Å². The summed E-state index contributed by atoms with van der Waals surface area (Å²) in [6.07, 6.45) is 1.98. The lowest BCUT2D eigenvalue weighted by Crippen LogP contribution is -2.57. The number of hydrogen-bond acceptors (Lipinski definition) is 11. The number of aromatic nitrogens is 2. The van der Waals surface area contributed by atoms with Crippen molar-refractivity contribution in [1.82, 2.24) is 14.9 Å². The lowest BCUT2D eigenvalue weighted by molar-refractivity contribution is 0.0122. The molecule has 2 atom stereocenters. The van der Waals surface area contributed by atoms with Gasteiger partial charge in [0, 0.05) is 43.5 Å². The molecule has 2 aromatic carbocycles. The van der Waals surface area contributed by atoms with Crippen LogP contribution in [0.25, 0.3) is 33.0 Å². The summed E-state index contributed by atoms with van der Waals surface area (Å²) in [5.74, 6) is 3.22. The van der Waals surface area contributed by atoms with E-state index in [4.69, 9.17) is 18.6 Å². The molecule has 0 unspecified atom stereocenters. The van der Waals surface area contributed by atoms with Crippen molar-refractivity contribution in [1.29, 1.82) is 0 Å². The van der Waals surface area contributed by atoms with Crippen LogP contribution in [0.5, 0.6) is 5.75 Å². The average molecular weight is 821 g/mol. The molecule has 306 valence electrons. The highest BCUT2D eigenvalue weighted by atomic mass is 32.2. The van der Waals surface area contributed by atoms with Gasteiger partial charge in [-0.25, -0.2) is 27.4 Å². The SMILES string of the molecule is COCOc1cc(-c2cc3nc(S(C)(=O)=O)nc(N4C[C@H]5CC[C@@H](C4)N5C(=O)OC(C)(C)C)c3c(=O)o2)c2c(C#C[Si](C(C)C)(C(C)C)C(C)C)c(F)ccc2c1. The Morgan fingerprint density at radius 1 is 1.00 bits per heavy atom. The Kier molecular flexibility index (Phi) is 11.6. The monoisotopic (exact) mass is 820 g/mol. The third kappa shape index (κ3) is 8.13. The molecule has 0 saturated carbocycles. The van der Waals surface area contributed by atoms with Crippen LogP contribution in [-0.2, 0) is 19.3 Å². The van der Waals surface area contributed by atoms with Crippen molar-refractivity contribution >= 4 is 51.5 Å². The third-order valence-electron chi connectivity index (χ3n) is 11.2. The predicted molar refractivity (Wildman–Crippen MR) is 222 cm³/mol. The minimum absolute atomic E-state index is 0.00743. The molecule has 4 aromatic rings. The van der Waals surface area contributed by atoms with Crippen molar-refractivity contribution < 1.29 is 36.2 Å². The molecule has 0 spiro atoms. The fourth-order valence-corrected chi connectivity index (χ4v) is 14.5. The van der Waals surface area contributed by atoms with E-state index in [1.165, 1.54) is 19.2 Å². The Labute approximate surface area is 335 Å². The molecule has 2 saturated heterocycles. The second-order valence-electron chi connectivity index (χ2n) is 17.1. The maximum Gasteiger partial charge on any atom is 0.410 e. The van der Waals surface area contributed by atoms with Crippen LogP contribution in [0, 0.1) is 17.3 Å². The van der Waals surface area contributed by atoms with E-state index in [1.807, 2.05) is 25.7 Å². The van der Waals surface area contributed by atoms with Gasteiger partial charge in [0.15, 0.2) is 6.79 Å². The Morgan fingerprint density at radius 3 is 2.19 bits per heavy atom. The van der Waals surface area contributed by atoms with Crippen LogP contribution in [0.15, 0.2) is 44.7 Å². The molecule has 2 bridgehead atoms. The van der Waals surface area contributed by atoms with Gasteiger partial charge < -0.3 is 23.5 Å². The number of sulfone groups is 1. The largest absolute Gasteiger partial charge is 0.468 e. The first kappa shape index (κ1) is 42.1. The molecule has 0 radical (unpaired) electrons. The standard InChI is InChI=1S/C42H53FN4O8SSi/c1-24(2)57(25(3)4,26(5)6)17-16-31-33(43)15-12-27-18-30(53-23-52-10)19-32(36(27)31)35-20-34-37(39(48)54-35)38(45-40(44-34)56(11,50)51)46-21-28-13-14-29(22-46)47(28)41(49)55-42(7,8)9/h12,15,18-20,24-26,28-29H,13-14,21-23H2,1-11H3/t28-,29+. The molecule has 0 aliphatic carbocycles. The van der Waals surface area contributed by atoms with Crippen LogP contribution in [0.3, 0.4) is 0 Å². The van der Waals surface area contributed by atoms with Crippen LogP contribution < -0.4 is 15.3 Å². The third-order valence-corrected chi connectivity index (χ3v) is 18.3. The highest BCUT2D eigenvalue weighted by Gasteiger charge is 2.45. The lowest BCUT2D eigenvalue weighted by Gasteiger charge is -2.41. The molecule has 15 heteroatoms. The summed E-state index contributed by atoms with van der Waals surface area (Å²) in [6.45, 7) is 19.0. The van der Waals surface area contributed by atoms with Crippen molar-refractivity contribution in [2.24, 2.45) is 0 Å². The van der Waals surface area contributed by atoms with Crippen molar-refractivity contribution in [3.63, 3.8) is 0 Å². The number of benzene rings is 2. The zero-order valence-corrected chi connectivity index (χ0v) is 36.5. The summed E-state index contributed by atoms with van der Waals surface area (Å²) in [6, 6.07) is 7.32. The van der Waals surface area contributed by atoms with Gasteiger partial charge in [-0.15, -0.1) is 5.54 Å². The maximum atomic E-state index is 16.1. The fraction of sp³-hybridized carbons (Fsp3) is 0.524. The highest BCUT2D eigenvalue weighted by molar-refractivity contribution is 7.90. The van der Waals surface area contributed by atoms with E-state index in [9.17, 15) is 18.0 Å². The number of amides is 1. The molecule has 2 aliphatic rings. The molecule has 2 aliphatic heterocycles. The molecular formula is C42H53FN4O8SSi. The van der Waals surface area contributed by atoms with E-state index < -0.39 is 46.2 Å². The Balaban J connectivity index is 1.57. The molecule has 12 nitrogen and oxygen atoms in total. The van der Waals surface area contributed by atoms with Crippen molar-refractivity contribution in [3.05, 3.63) is 52.1 Å². The second kappa shape index (κ2) is 15.7. The van der Waals surface area contributed by atoms with E-state index in [1.54, 1.807) is 23.1 Å². The number of piperazine rings is 1. The van der Waals surface area contributed by atoms with Crippen LogP contribution in [0.2, 0.25) is 16.6 Å². The number of nitrogens with zero attached hydrogens (tertiary/aromatic N) is 4. The van der Waals surface area contributed by atoms with E-state index >= 15 is 4.39 Å². The van der Waals surface area contributed by atoms with Gasteiger partial charge >= 0.3 is 11.7 Å². The normalized spacial score (nSPS) is 17.5. The minimum atomic E-state index is -3.97. The zero-order valence-electron chi connectivity index (χ0n) is 34.7. The molecule has 2 aromatic heterocycles. The van der Waals surface area contributed by atoms with Crippen molar-refractivity contribution in [3.8, 4) is 28.5 Å². The van der Waals surface area contributed by atoms with Crippen molar-refractivity contribution in [2.45, 2.75) is 115 Å². The molecular weight excluding hydrogens is 768 g/mol. The Morgan fingerprint density at radius 2 is 1.63 bits per heavy atom.